The molecule has 2 heterocycles. The van der Waals surface area contributed by atoms with Crippen molar-refractivity contribution in [3.05, 3.63) is 4.88 Å². The van der Waals surface area contributed by atoms with E-state index in [4.69, 9.17) is 5.73 Å². The Labute approximate surface area is 129 Å². The van der Waals surface area contributed by atoms with E-state index in [0.29, 0.717) is 22.5 Å². The molecule has 0 aliphatic carbocycles. The molecule has 1 fully saturated rings. The van der Waals surface area contributed by atoms with Gasteiger partial charge in [-0.1, -0.05) is 18.3 Å². The Morgan fingerprint density at radius 2 is 2.24 bits per heavy atom. The fraction of sp³-hybridized carbons (Fsp3) is 0.714. The highest BCUT2D eigenvalue weighted by molar-refractivity contribution is 7.18. The van der Waals surface area contributed by atoms with E-state index in [9.17, 15) is 9.90 Å². The number of hydrogen-bond acceptors (Lipinski definition) is 6. The summed E-state index contributed by atoms with van der Waals surface area (Å²) in [5.74, 6) is 0.434. The summed E-state index contributed by atoms with van der Waals surface area (Å²) >= 11 is 1.28. The number of nitrogen functional groups attached to an aromatic ring is 1. The molecule has 2 rings (SSSR count). The number of carbonyl (C=O) groups excluding carboxylic acids is 1. The van der Waals surface area contributed by atoms with E-state index < -0.39 is 0 Å². The van der Waals surface area contributed by atoms with Gasteiger partial charge < -0.3 is 21.1 Å². The molecule has 6 nitrogen and oxygen atoms in total. The molecule has 1 saturated heterocycles. The van der Waals surface area contributed by atoms with Gasteiger partial charge in [-0.05, 0) is 33.1 Å². The first-order valence-electron chi connectivity index (χ1n) is 7.19. The van der Waals surface area contributed by atoms with Crippen LogP contribution in [-0.4, -0.2) is 45.6 Å². The van der Waals surface area contributed by atoms with Crippen LogP contribution in [0.1, 0.15) is 43.8 Å². The molecule has 7 heteroatoms. The number of thiazole rings is 1. The number of aromatic nitrogens is 1. The Balaban J connectivity index is 2.20. The number of aliphatic hydroxyl groups is 1. The smallest absolute Gasteiger partial charge is 0.268 e. The quantitative estimate of drug-likeness (QED) is 0.791. The molecule has 1 aliphatic rings. The molecule has 1 aromatic rings. The molecule has 21 heavy (non-hydrogen) atoms. The van der Waals surface area contributed by atoms with Gasteiger partial charge in [0.25, 0.3) is 5.91 Å². The van der Waals surface area contributed by atoms with E-state index in [1.807, 2.05) is 20.8 Å². The van der Waals surface area contributed by atoms with Crippen LogP contribution in [0, 0.1) is 5.92 Å². The van der Waals surface area contributed by atoms with Gasteiger partial charge in [-0.3, -0.25) is 4.79 Å². The van der Waals surface area contributed by atoms with Crippen LogP contribution in [0.25, 0.3) is 0 Å². The predicted octanol–water partition coefficient (Wildman–Crippen LogP) is 1.78. The number of likely N-dealkylation sites (tertiary alicyclic amines) is 1. The lowest BCUT2D eigenvalue weighted by atomic mass is 10.0. The molecule has 0 radical (unpaired) electrons. The first kappa shape index (κ1) is 16.0. The highest BCUT2D eigenvalue weighted by atomic mass is 32.1. The number of carbonyl (C=O) groups is 1. The summed E-state index contributed by atoms with van der Waals surface area (Å²) in [5, 5.41) is 13.4. The van der Waals surface area contributed by atoms with Crippen molar-refractivity contribution in [2.24, 2.45) is 5.92 Å². The number of nitrogens with zero attached hydrogens (tertiary/aromatic N) is 2. The highest BCUT2D eigenvalue weighted by Crippen LogP contribution is 2.32. The van der Waals surface area contributed by atoms with Gasteiger partial charge >= 0.3 is 0 Å². The van der Waals surface area contributed by atoms with E-state index in [1.54, 1.807) is 4.90 Å². The number of amides is 1. The Morgan fingerprint density at radius 1 is 1.57 bits per heavy atom. The van der Waals surface area contributed by atoms with Crippen LogP contribution < -0.4 is 11.1 Å². The standard InChI is InChI=1S/C14H24N4O2S/c1-8-5-6-18(9(8)7-19)12(20)10-11(15)16-13(21-10)17-14(2,3)4/h8-9,19H,5-7,15H2,1-4H3,(H,16,17). The molecule has 118 valence electrons. The molecule has 1 aliphatic heterocycles. The molecule has 0 aromatic carbocycles. The molecule has 1 amide bonds. The summed E-state index contributed by atoms with van der Waals surface area (Å²) in [6.45, 7) is 8.77. The summed E-state index contributed by atoms with van der Waals surface area (Å²) in [4.78, 5) is 19.0. The zero-order valence-corrected chi connectivity index (χ0v) is 13.8. The zero-order chi connectivity index (χ0) is 15.8. The second kappa shape index (κ2) is 5.81. The van der Waals surface area contributed by atoms with Crippen LogP contribution in [0.2, 0.25) is 0 Å². The molecule has 0 spiro atoms. The van der Waals surface area contributed by atoms with Crippen molar-refractivity contribution in [2.45, 2.75) is 45.7 Å². The third-order valence-corrected chi connectivity index (χ3v) is 4.63. The van der Waals surface area contributed by atoms with Gasteiger partial charge in [-0.2, -0.15) is 0 Å². The fourth-order valence-electron chi connectivity index (χ4n) is 2.53. The monoisotopic (exact) mass is 312 g/mol. The van der Waals surface area contributed by atoms with Crippen molar-refractivity contribution in [1.29, 1.82) is 0 Å². The van der Waals surface area contributed by atoms with E-state index in [0.717, 1.165) is 6.42 Å². The Bertz CT molecular complexity index is 524. The van der Waals surface area contributed by atoms with Crippen molar-refractivity contribution < 1.29 is 9.90 Å². The Kier molecular flexibility index (Phi) is 4.43. The lowest BCUT2D eigenvalue weighted by Crippen LogP contribution is -2.39. The van der Waals surface area contributed by atoms with Gasteiger partial charge in [-0.25, -0.2) is 4.98 Å². The zero-order valence-electron chi connectivity index (χ0n) is 13.0. The summed E-state index contributed by atoms with van der Waals surface area (Å²) in [6, 6.07) is -0.127. The topological polar surface area (TPSA) is 91.5 Å². The van der Waals surface area contributed by atoms with Gasteiger partial charge in [0.15, 0.2) is 5.13 Å². The lowest BCUT2D eigenvalue weighted by Gasteiger charge is -2.24. The van der Waals surface area contributed by atoms with Gasteiger partial charge in [0.1, 0.15) is 10.7 Å². The average Bonchev–Trinajstić information content (AvgIpc) is 2.89. The van der Waals surface area contributed by atoms with Crippen molar-refractivity contribution in [3.8, 4) is 0 Å². The van der Waals surface area contributed by atoms with Gasteiger partial charge in [0, 0.05) is 12.1 Å². The van der Waals surface area contributed by atoms with E-state index in [-0.39, 0.29) is 29.9 Å². The second-order valence-corrected chi connectivity index (χ2v) is 7.62. The van der Waals surface area contributed by atoms with Crippen LogP contribution in [0.3, 0.4) is 0 Å². The fourth-order valence-corrected chi connectivity index (χ4v) is 3.58. The maximum absolute atomic E-state index is 12.6. The highest BCUT2D eigenvalue weighted by Gasteiger charge is 2.36. The van der Waals surface area contributed by atoms with Crippen LogP contribution >= 0.6 is 11.3 Å². The first-order chi connectivity index (χ1) is 9.73. The van der Waals surface area contributed by atoms with Gasteiger partial charge in [0.2, 0.25) is 0 Å². The van der Waals surface area contributed by atoms with E-state index in [1.165, 1.54) is 11.3 Å². The molecule has 4 N–H and O–H groups in total. The minimum atomic E-state index is -0.138. The number of nitrogens with two attached hydrogens (primary N) is 1. The van der Waals surface area contributed by atoms with Crippen molar-refractivity contribution >= 4 is 28.2 Å². The number of hydrogen-bond donors (Lipinski definition) is 3. The SMILES string of the molecule is CC1CCN(C(=O)c2sc(NC(C)(C)C)nc2N)C1CO. The average molecular weight is 312 g/mol. The Morgan fingerprint density at radius 3 is 2.81 bits per heavy atom. The van der Waals surface area contributed by atoms with Gasteiger partial charge in [0.05, 0.1) is 12.6 Å². The maximum Gasteiger partial charge on any atom is 0.268 e. The third kappa shape index (κ3) is 3.47. The molecule has 0 bridgehead atoms. The van der Waals surface area contributed by atoms with Gasteiger partial charge in [-0.15, -0.1) is 0 Å². The van der Waals surface area contributed by atoms with Crippen LogP contribution in [0.15, 0.2) is 0 Å². The number of anilines is 2. The molecule has 2 unspecified atom stereocenters. The summed E-state index contributed by atoms with van der Waals surface area (Å²) in [5.41, 5.74) is 5.76. The summed E-state index contributed by atoms with van der Waals surface area (Å²) < 4.78 is 0. The molecular formula is C14H24N4O2S. The van der Waals surface area contributed by atoms with E-state index in [2.05, 4.69) is 17.2 Å². The van der Waals surface area contributed by atoms with E-state index >= 15 is 0 Å². The van der Waals surface area contributed by atoms with Crippen molar-refractivity contribution in [2.75, 3.05) is 24.2 Å². The lowest BCUT2D eigenvalue weighted by molar-refractivity contribution is 0.0654. The third-order valence-electron chi connectivity index (χ3n) is 3.66. The number of nitrogens with one attached hydrogen (secondary N) is 1. The number of aliphatic hydroxyl groups excluding tert-OH is 1. The predicted molar refractivity (Wildman–Crippen MR) is 85.6 cm³/mol. The summed E-state index contributed by atoms with van der Waals surface area (Å²) in [7, 11) is 0. The minimum absolute atomic E-state index is 0.0152. The largest absolute Gasteiger partial charge is 0.394 e. The summed E-state index contributed by atoms with van der Waals surface area (Å²) in [6.07, 6.45) is 0.906. The molecular weight excluding hydrogens is 288 g/mol. The normalized spacial score (nSPS) is 22.6. The molecule has 1 aromatic heterocycles. The van der Waals surface area contributed by atoms with Crippen LogP contribution in [0.4, 0.5) is 10.9 Å². The van der Waals surface area contributed by atoms with Crippen LogP contribution in [-0.2, 0) is 0 Å². The number of rotatable bonds is 3. The van der Waals surface area contributed by atoms with Crippen molar-refractivity contribution in [3.63, 3.8) is 0 Å². The van der Waals surface area contributed by atoms with Crippen molar-refractivity contribution in [1.82, 2.24) is 9.88 Å². The minimum Gasteiger partial charge on any atom is -0.394 e. The maximum atomic E-state index is 12.6. The van der Waals surface area contributed by atoms with Crippen LogP contribution in [0.5, 0.6) is 0 Å². The Hall–Kier alpha value is -1.34. The molecule has 2 atom stereocenters. The first-order valence-corrected chi connectivity index (χ1v) is 8.01. The second-order valence-electron chi connectivity index (χ2n) is 6.62. The molecule has 0 saturated carbocycles.